The van der Waals surface area contributed by atoms with E-state index in [1.165, 1.54) is 0 Å². The first kappa shape index (κ1) is 24.0. The summed E-state index contributed by atoms with van der Waals surface area (Å²) in [6.07, 6.45) is -2.29. The molecule has 3 N–H and O–H groups in total. The van der Waals surface area contributed by atoms with Crippen molar-refractivity contribution in [2.24, 2.45) is 0 Å². The number of piperidine rings is 1. The Labute approximate surface area is 176 Å². The molecular formula is C22H38N2O4Si. The highest BCUT2D eigenvalue weighted by Crippen LogP contribution is 2.40. The first-order valence-corrected chi connectivity index (χ1v) is 13.4. The Bertz CT molecular complexity index is 677. The number of aliphatic hydroxyl groups excluding tert-OH is 2. The molecule has 1 aliphatic rings. The van der Waals surface area contributed by atoms with E-state index in [1.54, 1.807) is 7.05 Å². The molecule has 1 fully saturated rings. The molecule has 0 aliphatic carbocycles. The van der Waals surface area contributed by atoms with Gasteiger partial charge in [0, 0.05) is 19.6 Å². The predicted octanol–water partition coefficient (Wildman–Crippen LogP) is 2.51. The second-order valence-corrected chi connectivity index (χ2v) is 14.3. The van der Waals surface area contributed by atoms with E-state index >= 15 is 0 Å². The molecule has 1 aliphatic heterocycles. The van der Waals surface area contributed by atoms with Crippen LogP contribution in [0.1, 0.15) is 39.7 Å². The molecular weight excluding hydrogens is 384 g/mol. The van der Waals surface area contributed by atoms with Gasteiger partial charge >= 0.3 is 0 Å². The molecule has 0 bridgehead atoms. The number of benzene rings is 1. The molecule has 0 saturated carbocycles. The van der Waals surface area contributed by atoms with Crippen molar-refractivity contribution in [2.45, 2.75) is 89.2 Å². The second kappa shape index (κ2) is 9.26. The van der Waals surface area contributed by atoms with Crippen LogP contribution < -0.4 is 5.32 Å². The Morgan fingerprint density at radius 3 is 2.24 bits per heavy atom. The van der Waals surface area contributed by atoms with Crippen LogP contribution in [0.15, 0.2) is 30.3 Å². The van der Waals surface area contributed by atoms with Gasteiger partial charge in [-0.05, 0) is 30.1 Å². The van der Waals surface area contributed by atoms with Crippen molar-refractivity contribution in [2.75, 3.05) is 7.05 Å². The lowest BCUT2D eigenvalue weighted by molar-refractivity contribution is -0.172. The van der Waals surface area contributed by atoms with Gasteiger partial charge in [0.25, 0.3) is 0 Å². The number of hydrogen-bond acceptors (Lipinski definition) is 5. The zero-order chi connectivity index (χ0) is 22.0. The fraction of sp³-hybridized carbons (Fsp3) is 0.682. The normalized spacial score (nSPS) is 28.9. The summed E-state index contributed by atoms with van der Waals surface area (Å²) in [5.41, 5.74) is 1.05. The zero-order valence-corrected chi connectivity index (χ0v) is 19.8. The summed E-state index contributed by atoms with van der Waals surface area (Å²) < 4.78 is 6.55. The Kier molecular flexibility index (Phi) is 7.67. The maximum Gasteiger partial charge on any atom is 0.239 e. The van der Waals surface area contributed by atoms with Crippen LogP contribution in [0, 0.1) is 0 Å². The summed E-state index contributed by atoms with van der Waals surface area (Å²) >= 11 is 0. The topological polar surface area (TPSA) is 82.0 Å². The number of likely N-dealkylation sites (N-methyl/N-ethyl adjacent to an activating group) is 1. The number of carbonyl (C=O) groups is 1. The summed E-state index contributed by atoms with van der Waals surface area (Å²) in [5, 5.41) is 24.6. The van der Waals surface area contributed by atoms with Crippen LogP contribution in [0.5, 0.6) is 0 Å². The van der Waals surface area contributed by atoms with E-state index in [1.807, 2.05) is 42.2 Å². The standard InChI is InChI=1S/C22H38N2O4Si/c1-8-16-18(25)19(26)20(28-29(6,7)22(2,3)4)17(21(27)23-5)24(16)14-15-12-10-9-11-13-15/h9-13,16-20,25-26H,8,14H2,1-7H3,(H,23,27)/t16-,17+,18-,19+,20-/m1/s1. The van der Waals surface area contributed by atoms with Crippen molar-refractivity contribution in [1.29, 1.82) is 0 Å². The summed E-state index contributed by atoms with van der Waals surface area (Å²) in [7, 11) is -0.694. The van der Waals surface area contributed by atoms with Crippen LogP contribution in [-0.4, -0.2) is 66.8 Å². The van der Waals surface area contributed by atoms with Crippen molar-refractivity contribution in [3.63, 3.8) is 0 Å². The lowest BCUT2D eigenvalue weighted by Crippen LogP contribution is -2.71. The number of nitrogens with zero attached hydrogens (tertiary/aromatic N) is 1. The minimum Gasteiger partial charge on any atom is -0.409 e. The minimum absolute atomic E-state index is 0.0865. The molecule has 1 amide bonds. The highest BCUT2D eigenvalue weighted by molar-refractivity contribution is 6.74. The Hall–Kier alpha value is -1.25. The van der Waals surface area contributed by atoms with Crippen LogP contribution in [0.4, 0.5) is 0 Å². The summed E-state index contributed by atoms with van der Waals surface area (Å²) in [6, 6.07) is 8.87. The fourth-order valence-electron chi connectivity index (χ4n) is 3.78. The lowest BCUT2D eigenvalue weighted by atomic mass is 9.85. The van der Waals surface area contributed by atoms with Crippen LogP contribution >= 0.6 is 0 Å². The van der Waals surface area contributed by atoms with Crippen LogP contribution in [0.25, 0.3) is 0 Å². The van der Waals surface area contributed by atoms with Gasteiger partial charge in [0.15, 0.2) is 8.32 Å². The average molecular weight is 423 g/mol. The summed E-state index contributed by atoms with van der Waals surface area (Å²) in [4.78, 5) is 15.0. The number of nitrogens with one attached hydrogen (secondary N) is 1. The SMILES string of the molecule is CC[C@@H]1[C@@H](O)[C@H](O)[C@H](O[Si](C)(C)C(C)(C)C)[C@@H](C(=O)NC)N1Cc1ccccc1. The third-order valence-electron chi connectivity index (χ3n) is 6.55. The Morgan fingerprint density at radius 2 is 1.76 bits per heavy atom. The van der Waals surface area contributed by atoms with Gasteiger partial charge in [0.1, 0.15) is 12.1 Å². The molecule has 6 nitrogen and oxygen atoms in total. The van der Waals surface area contributed by atoms with E-state index < -0.39 is 32.7 Å². The van der Waals surface area contributed by atoms with E-state index in [-0.39, 0.29) is 17.0 Å². The van der Waals surface area contributed by atoms with Gasteiger partial charge in [-0.1, -0.05) is 58.0 Å². The monoisotopic (exact) mass is 422 g/mol. The number of hydrogen-bond donors (Lipinski definition) is 3. The smallest absolute Gasteiger partial charge is 0.239 e. The van der Waals surface area contributed by atoms with E-state index in [0.29, 0.717) is 13.0 Å². The largest absolute Gasteiger partial charge is 0.409 e. The maximum atomic E-state index is 13.0. The van der Waals surface area contributed by atoms with Crippen molar-refractivity contribution >= 4 is 14.2 Å². The molecule has 7 heteroatoms. The van der Waals surface area contributed by atoms with Crippen molar-refractivity contribution in [1.82, 2.24) is 10.2 Å². The molecule has 5 atom stereocenters. The third kappa shape index (κ3) is 5.09. The van der Waals surface area contributed by atoms with Gasteiger partial charge in [-0.3, -0.25) is 9.69 Å². The minimum atomic E-state index is -2.30. The van der Waals surface area contributed by atoms with Gasteiger partial charge in [0.05, 0.1) is 12.2 Å². The second-order valence-electron chi connectivity index (χ2n) is 9.52. The molecule has 1 saturated heterocycles. The Balaban J connectivity index is 2.48. The molecule has 1 aromatic carbocycles. The number of rotatable bonds is 6. The van der Waals surface area contributed by atoms with Crippen molar-refractivity contribution < 1.29 is 19.4 Å². The molecule has 2 rings (SSSR count). The molecule has 0 aromatic heterocycles. The molecule has 0 unspecified atom stereocenters. The van der Waals surface area contributed by atoms with E-state index in [4.69, 9.17) is 4.43 Å². The highest BCUT2D eigenvalue weighted by Gasteiger charge is 2.53. The highest BCUT2D eigenvalue weighted by atomic mass is 28.4. The number of amides is 1. The van der Waals surface area contributed by atoms with Crippen LogP contribution in [0.2, 0.25) is 18.1 Å². The maximum absolute atomic E-state index is 13.0. The van der Waals surface area contributed by atoms with Crippen LogP contribution in [0.3, 0.4) is 0 Å². The van der Waals surface area contributed by atoms with Gasteiger partial charge in [-0.25, -0.2) is 0 Å². The molecule has 1 aromatic rings. The quantitative estimate of drug-likeness (QED) is 0.614. The first-order valence-electron chi connectivity index (χ1n) is 10.5. The molecule has 1 heterocycles. The molecule has 164 valence electrons. The summed E-state index contributed by atoms with van der Waals surface area (Å²) in [6.45, 7) is 13.0. The summed E-state index contributed by atoms with van der Waals surface area (Å²) in [5.74, 6) is -0.200. The Morgan fingerprint density at radius 1 is 1.17 bits per heavy atom. The fourth-order valence-corrected chi connectivity index (χ4v) is 5.09. The molecule has 29 heavy (non-hydrogen) atoms. The van der Waals surface area contributed by atoms with Crippen molar-refractivity contribution in [3.8, 4) is 0 Å². The van der Waals surface area contributed by atoms with Gasteiger partial charge < -0.3 is 20.0 Å². The number of likely N-dealkylation sites (tertiary alicyclic amines) is 1. The average Bonchev–Trinajstić information content (AvgIpc) is 2.65. The first-order chi connectivity index (χ1) is 13.4. The van der Waals surface area contributed by atoms with Crippen LogP contribution in [-0.2, 0) is 15.8 Å². The van der Waals surface area contributed by atoms with Gasteiger partial charge in [0.2, 0.25) is 5.91 Å². The van der Waals surface area contributed by atoms with E-state index in [9.17, 15) is 15.0 Å². The predicted molar refractivity (Wildman–Crippen MR) is 118 cm³/mol. The molecule has 0 radical (unpaired) electrons. The van der Waals surface area contributed by atoms with E-state index in [0.717, 1.165) is 5.56 Å². The number of carbonyl (C=O) groups excluding carboxylic acids is 1. The van der Waals surface area contributed by atoms with Gasteiger partial charge in [-0.15, -0.1) is 0 Å². The lowest BCUT2D eigenvalue weighted by Gasteiger charge is -2.52. The number of aliphatic hydroxyl groups is 2. The van der Waals surface area contributed by atoms with Gasteiger partial charge in [-0.2, -0.15) is 0 Å². The van der Waals surface area contributed by atoms with Crippen molar-refractivity contribution in [3.05, 3.63) is 35.9 Å². The zero-order valence-electron chi connectivity index (χ0n) is 18.8. The molecule has 0 spiro atoms. The van der Waals surface area contributed by atoms with E-state index in [2.05, 4.69) is 39.2 Å². The third-order valence-corrected chi connectivity index (χ3v) is 11.0.